The minimum atomic E-state index is 0.0432. The molecule has 0 aliphatic carbocycles. The van der Waals surface area contributed by atoms with E-state index in [1.807, 2.05) is 17.8 Å². The normalized spacial score (nSPS) is 12.0. The second-order valence-electron chi connectivity index (χ2n) is 4.99. The van der Waals surface area contributed by atoms with Crippen LogP contribution in [0.4, 0.5) is 5.82 Å². The summed E-state index contributed by atoms with van der Waals surface area (Å²) in [6, 6.07) is 3.87. The van der Waals surface area contributed by atoms with Crippen molar-refractivity contribution in [3.05, 3.63) is 17.8 Å². The van der Waals surface area contributed by atoms with Crippen LogP contribution in [0.2, 0.25) is 0 Å². The topological polar surface area (TPSA) is 72.5 Å². The number of nitrogen functional groups attached to an aromatic ring is 1. The maximum absolute atomic E-state index is 5.59. The van der Waals surface area contributed by atoms with Crippen LogP contribution in [0.3, 0.4) is 0 Å². The van der Waals surface area contributed by atoms with Gasteiger partial charge in [0.1, 0.15) is 5.82 Å². The Morgan fingerprint density at radius 3 is 2.44 bits per heavy atom. The molecule has 5 nitrogen and oxygen atoms in total. The Morgan fingerprint density at radius 2 is 2.00 bits per heavy atom. The summed E-state index contributed by atoms with van der Waals surface area (Å²) in [5.41, 5.74) is 8.57. The largest absolute Gasteiger partial charge is 0.382 e. The minimum absolute atomic E-state index is 0.0432. The van der Waals surface area contributed by atoms with E-state index >= 15 is 0 Å². The Bertz CT molecular complexity index is 501. The first-order valence-corrected chi connectivity index (χ1v) is 5.24. The van der Waals surface area contributed by atoms with Crippen LogP contribution in [-0.4, -0.2) is 20.0 Å². The summed E-state index contributed by atoms with van der Waals surface area (Å²) in [5, 5.41) is 11.3. The summed E-state index contributed by atoms with van der Waals surface area (Å²) in [5.74, 6) is 0.494. The van der Waals surface area contributed by atoms with Crippen molar-refractivity contribution in [2.45, 2.75) is 26.2 Å². The predicted octanol–water partition coefficient (Wildman–Crippen LogP) is 1.69. The fourth-order valence-corrected chi connectivity index (χ4v) is 1.55. The van der Waals surface area contributed by atoms with Gasteiger partial charge >= 0.3 is 0 Å². The molecule has 86 valence electrons. The SMILES string of the molecule is Cn1nc(C(C)(C)C)cc1-c1cc(N)n[nH]1. The smallest absolute Gasteiger partial charge is 0.145 e. The van der Waals surface area contributed by atoms with Crippen LogP contribution in [0.5, 0.6) is 0 Å². The lowest BCUT2D eigenvalue weighted by Gasteiger charge is -2.13. The molecule has 0 aromatic carbocycles. The second kappa shape index (κ2) is 3.37. The molecule has 0 aliphatic rings. The maximum Gasteiger partial charge on any atom is 0.145 e. The molecule has 0 aliphatic heterocycles. The van der Waals surface area contributed by atoms with Gasteiger partial charge in [-0.2, -0.15) is 10.2 Å². The molecule has 3 N–H and O–H groups in total. The number of hydrogen-bond acceptors (Lipinski definition) is 3. The molecule has 0 saturated heterocycles. The van der Waals surface area contributed by atoms with Crippen molar-refractivity contribution in [1.29, 1.82) is 0 Å². The number of aromatic nitrogens is 4. The molecule has 0 amide bonds. The summed E-state index contributed by atoms with van der Waals surface area (Å²) in [6.07, 6.45) is 0. The average Bonchev–Trinajstić information content (AvgIpc) is 2.70. The fraction of sp³-hybridized carbons (Fsp3) is 0.455. The number of H-pyrrole nitrogens is 1. The highest BCUT2D eigenvalue weighted by molar-refractivity contribution is 5.59. The molecule has 5 heteroatoms. The number of hydrogen-bond donors (Lipinski definition) is 2. The average molecular weight is 219 g/mol. The van der Waals surface area contributed by atoms with E-state index in [9.17, 15) is 0 Å². The van der Waals surface area contributed by atoms with Crippen LogP contribution in [0, 0.1) is 0 Å². The molecule has 2 aromatic heterocycles. The lowest BCUT2D eigenvalue weighted by Crippen LogP contribution is -2.12. The standard InChI is InChI=1S/C11H17N5/c1-11(2,3)9-6-8(16(4)15-9)7-5-10(12)14-13-7/h5-6H,1-4H3,(H3,12,13,14). The van der Waals surface area contributed by atoms with Gasteiger partial charge in [-0.05, 0) is 6.07 Å². The first kappa shape index (κ1) is 10.7. The van der Waals surface area contributed by atoms with Gasteiger partial charge in [0.25, 0.3) is 0 Å². The highest BCUT2D eigenvalue weighted by Gasteiger charge is 2.19. The molecule has 0 bridgehead atoms. The molecule has 0 fully saturated rings. The summed E-state index contributed by atoms with van der Waals surface area (Å²) in [4.78, 5) is 0. The summed E-state index contributed by atoms with van der Waals surface area (Å²) < 4.78 is 1.84. The van der Waals surface area contributed by atoms with Crippen molar-refractivity contribution >= 4 is 5.82 Å². The van der Waals surface area contributed by atoms with E-state index in [1.54, 1.807) is 0 Å². The van der Waals surface area contributed by atoms with E-state index in [4.69, 9.17) is 5.73 Å². The van der Waals surface area contributed by atoms with E-state index in [2.05, 4.69) is 42.1 Å². The number of nitrogens with zero attached hydrogens (tertiary/aromatic N) is 3. The van der Waals surface area contributed by atoms with Crippen molar-refractivity contribution < 1.29 is 0 Å². The number of anilines is 1. The molecule has 2 heterocycles. The first-order chi connectivity index (χ1) is 7.38. The van der Waals surface area contributed by atoms with E-state index in [-0.39, 0.29) is 5.41 Å². The molecular formula is C11H17N5. The van der Waals surface area contributed by atoms with Gasteiger partial charge in [0.05, 0.1) is 17.1 Å². The fourth-order valence-electron chi connectivity index (χ4n) is 1.55. The Hall–Kier alpha value is -1.78. The third-order valence-corrected chi connectivity index (χ3v) is 2.52. The van der Waals surface area contributed by atoms with E-state index < -0.39 is 0 Å². The van der Waals surface area contributed by atoms with Crippen molar-refractivity contribution in [3.8, 4) is 11.4 Å². The van der Waals surface area contributed by atoms with Crippen molar-refractivity contribution in [1.82, 2.24) is 20.0 Å². The van der Waals surface area contributed by atoms with Gasteiger partial charge in [-0.25, -0.2) is 0 Å². The quantitative estimate of drug-likeness (QED) is 0.766. The maximum atomic E-state index is 5.59. The third kappa shape index (κ3) is 1.80. The van der Waals surface area contributed by atoms with Crippen LogP contribution >= 0.6 is 0 Å². The Balaban J connectivity index is 2.47. The van der Waals surface area contributed by atoms with Crippen molar-refractivity contribution in [2.24, 2.45) is 7.05 Å². The molecule has 0 spiro atoms. The summed E-state index contributed by atoms with van der Waals surface area (Å²) >= 11 is 0. The van der Waals surface area contributed by atoms with E-state index in [1.165, 1.54) is 0 Å². The molecule has 0 radical (unpaired) electrons. The summed E-state index contributed by atoms with van der Waals surface area (Å²) in [7, 11) is 1.92. The van der Waals surface area contributed by atoms with Crippen LogP contribution in [0.1, 0.15) is 26.5 Å². The van der Waals surface area contributed by atoms with Gasteiger partial charge in [-0.15, -0.1) is 0 Å². The van der Waals surface area contributed by atoms with Gasteiger partial charge in [0.2, 0.25) is 0 Å². The zero-order valence-corrected chi connectivity index (χ0v) is 10.1. The highest BCUT2D eigenvalue weighted by Crippen LogP contribution is 2.26. The lowest BCUT2D eigenvalue weighted by atomic mass is 9.92. The third-order valence-electron chi connectivity index (χ3n) is 2.52. The van der Waals surface area contributed by atoms with Crippen LogP contribution in [0.25, 0.3) is 11.4 Å². The van der Waals surface area contributed by atoms with Crippen LogP contribution in [0.15, 0.2) is 12.1 Å². The zero-order valence-electron chi connectivity index (χ0n) is 10.1. The van der Waals surface area contributed by atoms with Gasteiger partial charge in [-0.1, -0.05) is 20.8 Å². The summed E-state index contributed by atoms with van der Waals surface area (Å²) in [6.45, 7) is 6.42. The van der Waals surface area contributed by atoms with E-state index in [0.717, 1.165) is 17.1 Å². The number of aromatic amines is 1. The van der Waals surface area contributed by atoms with Gasteiger partial charge < -0.3 is 5.73 Å². The second-order valence-corrected chi connectivity index (χ2v) is 4.99. The van der Waals surface area contributed by atoms with Gasteiger partial charge in [0, 0.05) is 18.5 Å². The van der Waals surface area contributed by atoms with E-state index in [0.29, 0.717) is 5.82 Å². The number of nitrogens with one attached hydrogen (secondary N) is 1. The molecule has 0 unspecified atom stereocenters. The van der Waals surface area contributed by atoms with Gasteiger partial charge in [0.15, 0.2) is 0 Å². The molecular weight excluding hydrogens is 202 g/mol. The van der Waals surface area contributed by atoms with Crippen molar-refractivity contribution in [2.75, 3.05) is 5.73 Å². The molecule has 0 saturated carbocycles. The molecule has 2 aromatic rings. The number of rotatable bonds is 1. The Labute approximate surface area is 94.7 Å². The molecule has 2 rings (SSSR count). The van der Waals surface area contributed by atoms with Crippen LogP contribution in [-0.2, 0) is 12.5 Å². The minimum Gasteiger partial charge on any atom is -0.382 e. The highest BCUT2D eigenvalue weighted by atomic mass is 15.3. The number of aryl methyl sites for hydroxylation is 1. The Kier molecular flexibility index (Phi) is 2.26. The van der Waals surface area contributed by atoms with Crippen LogP contribution < -0.4 is 5.73 Å². The lowest BCUT2D eigenvalue weighted by molar-refractivity contribution is 0.553. The zero-order chi connectivity index (χ0) is 11.9. The van der Waals surface area contributed by atoms with Crippen molar-refractivity contribution in [3.63, 3.8) is 0 Å². The number of nitrogens with two attached hydrogens (primary N) is 1. The van der Waals surface area contributed by atoms with Gasteiger partial charge in [-0.3, -0.25) is 9.78 Å². The monoisotopic (exact) mass is 219 g/mol. The molecule has 16 heavy (non-hydrogen) atoms. The molecule has 0 atom stereocenters. The first-order valence-electron chi connectivity index (χ1n) is 5.24. The predicted molar refractivity (Wildman–Crippen MR) is 63.9 cm³/mol. The Morgan fingerprint density at radius 1 is 1.31 bits per heavy atom.